The number of urea groups is 1. The highest BCUT2D eigenvalue weighted by molar-refractivity contribution is 5.91. The fourth-order valence-corrected chi connectivity index (χ4v) is 1.53. The molecule has 0 atom stereocenters. The number of hydrogen-bond acceptors (Lipinski definition) is 3. The molecule has 1 heterocycles. The van der Waals surface area contributed by atoms with Gasteiger partial charge in [0.15, 0.2) is 0 Å². The van der Waals surface area contributed by atoms with Gasteiger partial charge in [-0.25, -0.2) is 4.79 Å². The van der Waals surface area contributed by atoms with E-state index in [9.17, 15) is 9.59 Å². The third kappa shape index (κ3) is 3.17. The van der Waals surface area contributed by atoms with E-state index in [1.54, 1.807) is 18.3 Å². The van der Waals surface area contributed by atoms with Crippen LogP contribution in [0.15, 0.2) is 24.5 Å². The van der Waals surface area contributed by atoms with Gasteiger partial charge in [0.05, 0.1) is 11.9 Å². The van der Waals surface area contributed by atoms with Crippen molar-refractivity contribution >= 4 is 17.7 Å². The molecule has 1 aromatic heterocycles. The van der Waals surface area contributed by atoms with E-state index < -0.39 is 5.97 Å². The van der Waals surface area contributed by atoms with Crippen LogP contribution in [0.3, 0.4) is 0 Å². The summed E-state index contributed by atoms with van der Waals surface area (Å²) in [6.07, 6.45) is 4.86. The first-order valence-corrected chi connectivity index (χ1v) is 5.36. The molecule has 0 spiro atoms. The third-order valence-electron chi connectivity index (χ3n) is 2.47. The average molecular weight is 235 g/mol. The molecule has 17 heavy (non-hydrogen) atoms. The Balaban J connectivity index is 1.99. The van der Waals surface area contributed by atoms with Crippen LogP contribution in [0.4, 0.5) is 10.5 Å². The second-order valence-corrected chi connectivity index (χ2v) is 3.92. The number of pyridine rings is 1. The monoisotopic (exact) mass is 235 g/mol. The predicted molar refractivity (Wildman–Crippen MR) is 60.6 cm³/mol. The number of aliphatic carboxylic acids is 1. The summed E-state index contributed by atoms with van der Waals surface area (Å²) in [5, 5.41) is 11.4. The fraction of sp³-hybridized carbons (Fsp3) is 0.364. The third-order valence-corrected chi connectivity index (χ3v) is 2.47. The minimum atomic E-state index is -1.00. The minimum absolute atomic E-state index is 0.0581. The molecule has 2 amide bonds. The summed E-state index contributed by atoms with van der Waals surface area (Å²) in [5.74, 6) is -1.00. The number of anilines is 1. The molecule has 6 heteroatoms. The van der Waals surface area contributed by atoms with Crippen LogP contribution >= 0.6 is 0 Å². The number of rotatable bonds is 4. The number of nitrogens with zero attached hydrogens (tertiary/aromatic N) is 2. The van der Waals surface area contributed by atoms with Gasteiger partial charge in [0.2, 0.25) is 0 Å². The Morgan fingerprint density at radius 3 is 2.82 bits per heavy atom. The van der Waals surface area contributed by atoms with E-state index in [4.69, 9.17) is 5.11 Å². The molecule has 1 aromatic rings. The van der Waals surface area contributed by atoms with E-state index in [2.05, 4.69) is 10.3 Å². The number of aromatic nitrogens is 1. The maximum absolute atomic E-state index is 11.9. The summed E-state index contributed by atoms with van der Waals surface area (Å²) in [5.41, 5.74) is 0.563. The molecule has 0 saturated heterocycles. The molecule has 1 saturated carbocycles. The van der Waals surface area contributed by atoms with Crippen molar-refractivity contribution in [1.82, 2.24) is 9.88 Å². The molecular formula is C11H13N3O3. The average Bonchev–Trinajstić information content (AvgIpc) is 3.10. The highest BCUT2D eigenvalue weighted by Gasteiger charge is 2.33. The standard InChI is InChI=1S/C11H13N3O3/c15-10(16)7-14(9-3-4-9)11(17)13-8-2-1-5-12-6-8/h1-2,5-6,9H,3-4,7H2,(H,13,17)(H,15,16). The smallest absolute Gasteiger partial charge is 0.323 e. The fourth-order valence-electron chi connectivity index (χ4n) is 1.53. The van der Waals surface area contributed by atoms with Crippen molar-refractivity contribution < 1.29 is 14.7 Å². The molecule has 0 unspecified atom stereocenters. The highest BCUT2D eigenvalue weighted by Crippen LogP contribution is 2.27. The molecular weight excluding hydrogens is 222 g/mol. The van der Waals surface area contributed by atoms with Gasteiger partial charge < -0.3 is 15.3 Å². The lowest BCUT2D eigenvalue weighted by atomic mass is 10.4. The normalized spacial score (nSPS) is 14.1. The summed E-state index contributed by atoms with van der Waals surface area (Å²) in [7, 11) is 0. The molecule has 6 nitrogen and oxygen atoms in total. The van der Waals surface area contributed by atoms with Crippen molar-refractivity contribution in [3.8, 4) is 0 Å². The minimum Gasteiger partial charge on any atom is -0.480 e. The Morgan fingerprint density at radius 1 is 1.53 bits per heavy atom. The van der Waals surface area contributed by atoms with Crippen LogP contribution in [-0.2, 0) is 4.79 Å². The van der Waals surface area contributed by atoms with Gasteiger partial charge in [-0.2, -0.15) is 0 Å². The zero-order valence-corrected chi connectivity index (χ0v) is 9.17. The van der Waals surface area contributed by atoms with Gasteiger partial charge in [0.1, 0.15) is 6.54 Å². The van der Waals surface area contributed by atoms with Crippen LogP contribution in [0.25, 0.3) is 0 Å². The van der Waals surface area contributed by atoms with Gasteiger partial charge in [0.25, 0.3) is 0 Å². The molecule has 0 aromatic carbocycles. The van der Waals surface area contributed by atoms with Crippen LogP contribution in [0, 0.1) is 0 Å². The van der Waals surface area contributed by atoms with Crippen molar-refractivity contribution in [1.29, 1.82) is 0 Å². The second-order valence-electron chi connectivity index (χ2n) is 3.92. The number of amides is 2. The van der Waals surface area contributed by atoms with Gasteiger partial charge in [0, 0.05) is 12.2 Å². The first kappa shape index (κ1) is 11.4. The molecule has 1 fully saturated rings. The van der Waals surface area contributed by atoms with Crippen LogP contribution in [0.5, 0.6) is 0 Å². The van der Waals surface area contributed by atoms with E-state index in [-0.39, 0.29) is 18.6 Å². The quantitative estimate of drug-likeness (QED) is 0.820. The van der Waals surface area contributed by atoms with Crippen molar-refractivity contribution in [2.75, 3.05) is 11.9 Å². The number of hydrogen-bond donors (Lipinski definition) is 2. The topological polar surface area (TPSA) is 82.5 Å². The van der Waals surface area contributed by atoms with Crippen molar-refractivity contribution in [2.45, 2.75) is 18.9 Å². The van der Waals surface area contributed by atoms with Crippen molar-refractivity contribution in [3.05, 3.63) is 24.5 Å². The van der Waals surface area contributed by atoms with E-state index in [0.29, 0.717) is 5.69 Å². The Hall–Kier alpha value is -2.11. The number of carboxylic acids is 1. The summed E-state index contributed by atoms with van der Waals surface area (Å²) in [4.78, 5) is 27.7. The lowest BCUT2D eigenvalue weighted by Gasteiger charge is -2.20. The van der Waals surface area contributed by atoms with Gasteiger partial charge in [-0.05, 0) is 25.0 Å². The van der Waals surface area contributed by atoms with Crippen molar-refractivity contribution in [3.63, 3.8) is 0 Å². The predicted octanol–water partition coefficient (Wildman–Crippen LogP) is 1.16. The van der Waals surface area contributed by atoms with Gasteiger partial charge in [-0.3, -0.25) is 9.78 Å². The van der Waals surface area contributed by atoms with Crippen LogP contribution < -0.4 is 5.32 Å². The molecule has 0 aliphatic heterocycles. The number of carbonyl (C=O) groups is 2. The van der Waals surface area contributed by atoms with E-state index in [0.717, 1.165) is 12.8 Å². The molecule has 0 radical (unpaired) electrons. The molecule has 2 N–H and O–H groups in total. The lowest BCUT2D eigenvalue weighted by Crippen LogP contribution is -2.40. The molecule has 1 aliphatic rings. The van der Waals surface area contributed by atoms with E-state index in [1.165, 1.54) is 11.1 Å². The van der Waals surface area contributed by atoms with Crippen LogP contribution in [0.1, 0.15) is 12.8 Å². The highest BCUT2D eigenvalue weighted by atomic mass is 16.4. The Morgan fingerprint density at radius 2 is 2.29 bits per heavy atom. The maximum Gasteiger partial charge on any atom is 0.323 e. The second kappa shape index (κ2) is 4.82. The first-order valence-electron chi connectivity index (χ1n) is 5.36. The Bertz CT molecular complexity index is 417. The zero-order valence-electron chi connectivity index (χ0n) is 9.17. The first-order chi connectivity index (χ1) is 8.16. The van der Waals surface area contributed by atoms with Gasteiger partial charge >= 0.3 is 12.0 Å². The molecule has 0 bridgehead atoms. The number of carbonyl (C=O) groups excluding carboxylic acids is 1. The lowest BCUT2D eigenvalue weighted by molar-refractivity contribution is -0.137. The Labute approximate surface area is 98.3 Å². The maximum atomic E-state index is 11.9. The molecule has 2 rings (SSSR count). The van der Waals surface area contributed by atoms with Gasteiger partial charge in [-0.1, -0.05) is 0 Å². The Kier molecular flexibility index (Phi) is 3.22. The molecule has 1 aliphatic carbocycles. The largest absolute Gasteiger partial charge is 0.480 e. The summed E-state index contributed by atoms with van der Waals surface area (Å²) >= 11 is 0. The number of nitrogens with one attached hydrogen (secondary N) is 1. The summed E-state index contributed by atoms with van der Waals surface area (Å²) in [6, 6.07) is 3.08. The summed E-state index contributed by atoms with van der Waals surface area (Å²) < 4.78 is 0. The van der Waals surface area contributed by atoms with E-state index in [1.807, 2.05) is 0 Å². The zero-order chi connectivity index (χ0) is 12.3. The molecule has 90 valence electrons. The number of carboxylic acid groups (broad SMARTS) is 1. The van der Waals surface area contributed by atoms with Crippen LogP contribution in [0.2, 0.25) is 0 Å². The van der Waals surface area contributed by atoms with Crippen LogP contribution in [-0.4, -0.2) is 39.6 Å². The SMILES string of the molecule is O=C(O)CN(C(=O)Nc1cccnc1)C1CC1. The van der Waals surface area contributed by atoms with E-state index >= 15 is 0 Å². The van der Waals surface area contributed by atoms with Crippen molar-refractivity contribution in [2.24, 2.45) is 0 Å². The summed E-state index contributed by atoms with van der Waals surface area (Å²) in [6.45, 7) is -0.267. The van der Waals surface area contributed by atoms with Gasteiger partial charge in [-0.15, -0.1) is 0 Å².